The first-order valence-electron chi connectivity index (χ1n) is 8.95. The standard InChI is InChI=1S/C22H24N2O/c1-25-22-8-7-21-19(9-13-23-21)20(22)12-16-24-14-10-18(11-15-24)17-5-3-2-4-6-17/h2-10,13,23H,11-12,14-16H2,1H3. The molecule has 2 heterocycles. The SMILES string of the molecule is COc1ccc2[nH]ccc2c1CCN1CC=C(c2ccccc2)CC1. The first-order valence-corrected chi connectivity index (χ1v) is 8.95. The van der Waals surface area contributed by atoms with Crippen molar-refractivity contribution in [2.24, 2.45) is 0 Å². The molecule has 128 valence electrons. The second-order valence-electron chi connectivity index (χ2n) is 6.58. The maximum atomic E-state index is 5.59. The molecule has 0 bridgehead atoms. The first-order chi connectivity index (χ1) is 12.3. The van der Waals surface area contributed by atoms with Gasteiger partial charge in [0.05, 0.1) is 7.11 Å². The van der Waals surface area contributed by atoms with Gasteiger partial charge in [0.25, 0.3) is 0 Å². The van der Waals surface area contributed by atoms with Crippen LogP contribution in [0.3, 0.4) is 0 Å². The Labute approximate surface area is 148 Å². The Morgan fingerprint density at radius 1 is 1.08 bits per heavy atom. The van der Waals surface area contributed by atoms with Crippen molar-refractivity contribution in [3.8, 4) is 5.75 Å². The van der Waals surface area contributed by atoms with Crippen LogP contribution in [0.4, 0.5) is 0 Å². The van der Waals surface area contributed by atoms with E-state index in [1.165, 1.54) is 27.6 Å². The van der Waals surface area contributed by atoms with Gasteiger partial charge in [-0.1, -0.05) is 36.4 Å². The van der Waals surface area contributed by atoms with E-state index in [4.69, 9.17) is 4.74 Å². The molecule has 0 unspecified atom stereocenters. The molecular weight excluding hydrogens is 308 g/mol. The lowest BCUT2D eigenvalue weighted by molar-refractivity contribution is 0.304. The van der Waals surface area contributed by atoms with Gasteiger partial charge >= 0.3 is 0 Å². The minimum atomic E-state index is 0.990. The van der Waals surface area contributed by atoms with Gasteiger partial charge in [-0.25, -0.2) is 0 Å². The summed E-state index contributed by atoms with van der Waals surface area (Å²) >= 11 is 0. The topological polar surface area (TPSA) is 28.3 Å². The van der Waals surface area contributed by atoms with E-state index >= 15 is 0 Å². The number of ether oxygens (including phenoxy) is 1. The molecule has 0 saturated heterocycles. The van der Waals surface area contributed by atoms with Crippen LogP contribution in [0.15, 0.2) is 60.8 Å². The predicted octanol–water partition coefficient (Wildman–Crippen LogP) is 4.51. The Bertz CT molecular complexity index is 879. The van der Waals surface area contributed by atoms with Crippen LogP contribution < -0.4 is 4.74 Å². The molecule has 1 aliphatic rings. The highest BCUT2D eigenvalue weighted by Gasteiger charge is 2.15. The lowest BCUT2D eigenvalue weighted by Crippen LogP contribution is -2.30. The number of H-pyrrole nitrogens is 1. The quantitative estimate of drug-likeness (QED) is 0.745. The van der Waals surface area contributed by atoms with Gasteiger partial charge < -0.3 is 9.72 Å². The number of fused-ring (bicyclic) bond motifs is 1. The molecule has 0 aliphatic carbocycles. The smallest absolute Gasteiger partial charge is 0.122 e. The van der Waals surface area contributed by atoms with Crippen molar-refractivity contribution in [3.63, 3.8) is 0 Å². The number of aromatic nitrogens is 1. The Balaban J connectivity index is 1.45. The summed E-state index contributed by atoms with van der Waals surface area (Å²) < 4.78 is 5.59. The number of hydrogen-bond acceptors (Lipinski definition) is 2. The molecule has 0 fully saturated rings. The molecule has 1 aromatic heterocycles. The second kappa shape index (κ2) is 7.16. The summed E-state index contributed by atoms with van der Waals surface area (Å²) in [6, 6.07) is 17.0. The zero-order valence-electron chi connectivity index (χ0n) is 14.7. The minimum Gasteiger partial charge on any atom is -0.496 e. The minimum absolute atomic E-state index is 0.990. The maximum absolute atomic E-state index is 5.59. The number of nitrogens with zero attached hydrogens (tertiary/aromatic N) is 1. The van der Waals surface area contributed by atoms with Gasteiger partial charge in [0, 0.05) is 42.3 Å². The molecule has 1 aliphatic heterocycles. The number of aromatic amines is 1. The molecule has 0 saturated carbocycles. The molecule has 1 N–H and O–H groups in total. The average Bonchev–Trinajstić information content (AvgIpc) is 3.16. The highest BCUT2D eigenvalue weighted by molar-refractivity contribution is 5.85. The van der Waals surface area contributed by atoms with Crippen LogP contribution in [0.2, 0.25) is 0 Å². The fourth-order valence-electron chi connectivity index (χ4n) is 3.72. The summed E-state index contributed by atoms with van der Waals surface area (Å²) in [7, 11) is 1.76. The third-order valence-electron chi connectivity index (χ3n) is 5.14. The summed E-state index contributed by atoms with van der Waals surface area (Å²) in [5.74, 6) is 0.990. The van der Waals surface area contributed by atoms with Crippen LogP contribution in [0, 0.1) is 0 Å². The van der Waals surface area contributed by atoms with E-state index in [0.717, 1.165) is 38.2 Å². The van der Waals surface area contributed by atoms with E-state index in [1.54, 1.807) is 7.11 Å². The molecule has 0 radical (unpaired) electrons. The van der Waals surface area contributed by atoms with Crippen LogP contribution in [0.5, 0.6) is 5.75 Å². The van der Waals surface area contributed by atoms with Gasteiger partial charge in [-0.3, -0.25) is 4.90 Å². The molecule has 3 nitrogen and oxygen atoms in total. The van der Waals surface area contributed by atoms with Crippen molar-refractivity contribution in [1.29, 1.82) is 0 Å². The molecular formula is C22H24N2O. The lowest BCUT2D eigenvalue weighted by Gasteiger charge is -2.26. The van der Waals surface area contributed by atoms with Crippen molar-refractivity contribution in [3.05, 3.63) is 71.9 Å². The monoisotopic (exact) mass is 332 g/mol. The fourth-order valence-corrected chi connectivity index (χ4v) is 3.72. The molecule has 3 heteroatoms. The zero-order chi connectivity index (χ0) is 17.1. The van der Waals surface area contributed by atoms with Gasteiger partial charge in [0.1, 0.15) is 5.75 Å². The first kappa shape index (κ1) is 16.0. The summed E-state index contributed by atoms with van der Waals surface area (Å²) in [5, 5.41) is 1.27. The van der Waals surface area contributed by atoms with Crippen molar-refractivity contribution >= 4 is 16.5 Å². The molecule has 0 spiro atoms. The average molecular weight is 332 g/mol. The molecule has 4 rings (SSSR count). The Morgan fingerprint density at radius 3 is 2.72 bits per heavy atom. The van der Waals surface area contributed by atoms with Crippen molar-refractivity contribution in [2.75, 3.05) is 26.7 Å². The van der Waals surface area contributed by atoms with Gasteiger partial charge in [0.15, 0.2) is 0 Å². The molecule has 2 aromatic carbocycles. The molecule has 25 heavy (non-hydrogen) atoms. The summed E-state index contributed by atoms with van der Waals surface area (Å²) in [4.78, 5) is 5.82. The molecule has 0 atom stereocenters. The lowest BCUT2D eigenvalue weighted by atomic mass is 9.99. The zero-order valence-corrected chi connectivity index (χ0v) is 14.7. The maximum Gasteiger partial charge on any atom is 0.122 e. The van der Waals surface area contributed by atoms with E-state index in [2.05, 4.69) is 64.5 Å². The van der Waals surface area contributed by atoms with E-state index in [0.29, 0.717) is 0 Å². The van der Waals surface area contributed by atoms with E-state index in [1.807, 2.05) is 6.20 Å². The van der Waals surface area contributed by atoms with Gasteiger partial charge in [-0.15, -0.1) is 0 Å². The Morgan fingerprint density at radius 2 is 1.96 bits per heavy atom. The van der Waals surface area contributed by atoms with Crippen LogP contribution in [0.1, 0.15) is 17.5 Å². The molecule has 3 aromatic rings. The van der Waals surface area contributed by atoms with Gasteiger partial charge in [0.2, 0.25) is 0 Å². The van der Waals surface area contributed by atoms with Crippen LogP contribution >= 0.6 is 0 Å². The third kappa shape index (κ3) is 3.33. The van der Waals surface area contributed by atoms with E-state index in [-0.39, 0.29) is 0 Å². The summed E-state index contributed by atoms with van der Waals surface area (Å²) in [5.41, 5.74) is 5.32. The number of rotatable bonds is 5. The van der Waals surface area contributed by atoms with Gasteiger partial charge in [-0.2, -0.15) is 0 Å². The van der Waals surface area contributed by atoms with Crippen molar-refractivity contribution < 1.29 is 4.74 Å². The van der Waals surface area contributed by atoms with Crippen molar-refractivity contribution in [2.45, 2.75) is 12.8 Å². The van der Waals surface area contributed by atoms with Crippen molar-refractivity contribution in [1.82, 2.24) is 9.88 Å². The number of hydrogen-bond donors (Lipinski definition) is 1. The second-order valence-corrected chi connectivity index (χ2v) is 6.58. The Hall–Kier alpha value is -2.52. The number of benzene rings is 2. The van der Waals surface area contributed by atoms with Crippen LogP contribution in [0.25, 0.3) is 16.5 Å². The number of methoxy groups -OCH3 is 1. The fraction of sp³-hybridized carbons (Fsp3) is 0.273. The highest BCUT2D eigenvalue weighted by Crippen LogP contribution is 2.28. The third-order valence-corrected chi connectivity index (χ3v) is 5.14. The summed E-state index contributed by atoms with van der Waals surface area (Å²) in [6.07, 6.45) is 6.51. The highest BCUT2D eigenvalue weighted by atomic mass is 16.5. The van der Waals surface area contributed by atoms with E-state index in [9.17, 15) is 0 Å². The van der Waals surface area contributed by atoms with Crippen LogP contribution in [-0.4, -0.2) is 36.6 Å². The summed E-state index contributed by atoms with van der Waals surface area (Å²) in [6.45, 7) is 3.20. The predicted molar refractivity (Wildman–Crippen MR) is 104 cm³/mol. The number of nitrogens with one attached hydrogen (secondary N) is 1. The van der Waals surface area contributed by atoms with Gasteiger partial charge in [-0.05, 0) is 42.2 Å². The molecule has 0 amide bonds. The largest absolute Gasteiger partial charge is 0.496 e. The van der Waals surface area contributed by atoms with Crippen LogP contribution in [-0.2, 0) is 6.42 Å². The normalized spacial score (nSPS) is 15.3. The Kier molecular flexibility index (Phi) is 4.57. The van der Waals surface area contributed by atoms with E-state index < -0.39 is 0 Å².